The third-order valence-electron chi connectivity index (χ3n) is 2.50. The third-order valence-corrected chi connectivity index (χ3v) is 3.32. The predicted octanol–water partition coefficient (Wildman–Crippen LogP) is 3.30. The van der Waals surface area contributed by atoms with E-state index in [1.54, 1.807) is 0 Å². The lowest BCUT2D eigenvalue weighted by atomic mass is 10.2. The van der Waals surface area contributed by atoms with E-state index in [1.807, 2.05) is 12.3 Å². The molecule has 100 valence electrons. The summed E-state index contributed by atoms with van der Waals surface area (Å²) in [5.41, 5.74) is 0.411. The number of nitrogens with one attached hydrogen (secondary N) is 1. The Hall–Kier alpha value is -1.82. The van der Waals surface area contributed by atoms with Crippen molar-refractivity contribution in [3.63, 3.8) is 0 Å². The first-order valence-electron chi connectivity index (χ1n) is 5.71. The number of para-hydroxylation sites is 1. The molecule has 0 aliphatic rings. The van der Waals surface area contributed by atoms with Crippen molar-refractivity contribution in [1.82, 2.24) is 4.98 Å². The maximum Gasteiger partial charge on any atom is 0.224 e. The highest BCUT2D eigenvalue weighted by Gasteiger charge is 2.12. The number of hydrogen-bond donors (Lipinski definition) is 1. The molecule has 3 nitrogen and oxygen atoms in total. The summed E-state index contributed by atoms with van der Waals surface area (Å²) in [5, 5.41) is 5.04. The number of amides is 1. The van der Waals surface area contributed by atoms with Gasteiger partial charge in [0.15, 0.2) is 0 Å². The van der Waals surface area contributed by atoms with E-state index in [9.17, 15) is 13.6 Å². The van der Waals surface area contributed by atoms with Crippen LogP contribution in [0.1, 0.15) is 17.1 Å². The minimum atomic E-state index is -0.780. The zero-order valence-corrected chi connectivity index (χ0v) is 11.1. The van der Waals surface area contributed by atoms with Crippen molar-refractivity contribution in [3.8, 4) is 0 Å². The van der Waals surface area contributed by atoms with E-state index in [2.05, 4.69) is 10.3 Å². The second-order valence-corrected chi connectivity index (χ2v) is 5.06. The molecule has 1 aromatic carbocycles. The van der Waals surface area contributed by atoms with E-state index < -0.39 is 23.2 Å². The van der Waals surface area contributed by atoms with Gasteiger partial charge in [-0.25, -0.2) is 13.8 Å². The Labute approximate surface area is 113 Å². The maximum absolute atomic E-state index is 13.3. The number of anilines is 1. The van der Waals surface area contributed by atoms with Gasteiger partial charge in [-0.2, -0.15) is 0 Å². The maximum atomic E-state index is 13.3. The number of thiazole rings is 1. The summed E-state index contributed by atoms with van der Waals surface area (Å²) in [6.45, 7) is 1.88. The molecule has 1 aromatic heterocycles. The van der Waals surface area contributed by atoms with Crippen LogP contribution in [0.5, 0.6) is 0 Å². The van der Waals surface area contributed by atoms with E-state index in [0.29, 0.717) is 6.42 Å². The van der Waals surface area contributed by atoms with Crippen molar-refractivity contribution in [3.05, 3.63) is 45.9 Å². The molecule has 0 aliphatic carbocycles. The molecule has 2 rings (SSSR count). The molecule has 1 heterocycles. The molecule has 0 aliphatic heterocycles. The van der Waals surface area contributed by atoms with Crippen LogP contribution in [0.15, 0.2) is 23.6 Å². The number of benzene rings is 1. The summed E-state index contributed by atoms with van der Waals surface area (Å²) in [7, 11) is 0. The van der Waals surface area contributed by atoms with E-state index in [0.717, 1.165) is 22.8 Å². The number of aryl methyl sites for hydroxylation is 2. The largest absolute Gasteiger partial charge is 0.321 e. The van der Waals surface area contributed by atoms with E-state index in [4.69, 9.17) is 0 Å². The van der Waals surface area contributed by atoms with Crippen molar-refractivity contribution < 1.29 is 13.6 Å². The minimum absolute atomic E-state index is 0.136. The molecule has 0 bridgehead atoms. The van der Waals surface area contributed by atoms with Gasteiger partial charge in [0, 0.05) is 11.8 Å². The van der Waals surface area contributed by atoms with Gasteiger partial charge in [0.2, 0.25) is 5.91 Å². The van der Waals surface area contributed by atoms with Crippen LogP contribution in [0.25, 0.3) is 0 Å². The molecule has 1 amide bonds. The normalized spacial score (nSPS) is 10.5. The standard InChI is InChI=1S/C13H12F2N2OS/c1-8-16-9(7-19-8)5-6-12(18)17-13-10(14)3-2-4-11(13)15/h2-4,7H,5-6H2,1H3,(H,17,18). The number of halogens is 2. The smallest absolute Gasteiger partial charge is 0.224 e. The second kappa shape index (κ2) is 5.88. The lowest BCUT2D eigenvalue weighted by Gasteiger charge is -2.06. The SMILES string of the molecule is Cc1nc(CCC(=O)Nc2c(F)cccc2F)cs1. The van der Waals surface area contributed by atoms with Gasteiger partial charge in [0.25, 0.3) is 0 Å². The molecule has 0 spiro atoms. The Bertz CT molecular complexity index is 578. The molecule has 0 saturated heterocycles. The van der Waals surface area contributed by atoms with Crippen LogP contribution >= 0.6 is 11.3 Å². The highest BCUT2D eigenvalue weighted by Crippen LogP contribution is 2.18. The topological polar surface area (TPSA) is 42.0 Å². The number of aromatic nitrogens is 1. The lowest BCUT2D eigenvalue weighted by Crippen LogP contribution is -2.14. The Morgan fingerprint density at radius 3 is 2.63 bits per heavy atom. The van der Waals surface area contributed by atoms with Crippen LogP contribution in [-0.4, -0.2) is 10.9 Å². The quantitative estimate of drug-likeness (QED) is 0.935. The molecule has 2 aromatic rings. The number of carbonyl (C=O) groups is 1. The first-order chi connectivity index (χ1) is 9.06. The van der Waals surface area contributed by atoms with Crippen molar-refractivity contribution in [2.75, 3.05) is 5.32 Å². The Morgan fingerprint density at radius 1 is 1.37 bits per heavy atom. The van der Waals surface area contributed by atoms with Crippen LogP contribution in [-0.2, 0) is 11.2 Å². The molecular weight excluding hydrogens is 270 g/mol. The molecule has 0 atom stereocenters. The van der Waals surface area contributed by atoms with Crippen molar-refractivity contribution >= 4 is 22.9 Å². The van der Waals surface area contributed by atoms with Crippen molar-refractivity contribution in [2.45, 2.75) is 19.8 Å². The molecule has 19 heavy (non-hydrogen) atoms. The summed E-state index contributed by atoms with van der Waals surface area (Å²) in [5.74, 6) is -2.00. The Kier molecular flexibility index (Phi) is 4.21. The average Bonchev–Trinajstić information content (AvgIpc) is 2.77. The van der Waals surface area contributed by atoms with Crippen LogP contribution in [0.4, 0.5) is 14.5 Å². The fourth-order valence-electron chi connectivity index (χ4n) is 1.58. The molecular formula is C13H12F2N2OS. The van der Waals surface area contributed by atoms with Gasteiger partial charge in [0.1, 0.15) is 17.3 Å². The van der Waals surface area contributed by atoms with Crippen LogP contribution < -0.4 is 5.32 Å². The summed E-state index contributed by atoms with van der Waals surface area (Å²) in [6.07, 6.45) is 0.587. The molecule has 1 N–H and O–H groups in total. The van der Waals surface area contributed by atoms with Gasteiger partial charge >= 0.3 is 0 Å². The first-order valence-corrected chi connectivity index (χ1v) is 6.59. The highest BCUT2D eigenvalue weighted by atomic mass is 32.1. The van der Waals surface area contributed by atoms with Crippen LogP contribution in [0, 0.1) is 18.6 Å². The number of carbonyl (C=O) groups excluding carboxylic acids is 1. The average molecular weight is 282 g/mol. The van der Waals surface area contributed by atoms with E-state index in [1.165, 1.54) is 17.4 Å². The van der Waals surface area contributed by atoms with E-state index >= 15 is 0 Å². The second-order valence-electron chi connectivity index (χ2n) is 4.00. The summed E-state index contributed by atoms with van der Waals surface area (Å²) >= 11 is 1.50. The Morgan fingerprint density at radius 2 is 2.05 bits per heavy atom. The molecule has 6 heteroatoms. The van der Waals surface area contributed by atoms with Gasteiger partial charge in [0.05, 0.1) is 10.7 Å². The van der Waals surface area contributed by atoms with Gasteiger partial charge in [-0.15, -0.1) is 11.3 Å². The lowest BCUT2D eigenvalue weighted by molar-refractivity contribution is -0.116. The van der Waals surface area contributed by atoms with Gasteiger partial charge in [-0.3, -0.25) is 4.79 Å². The fourth-order valence-corrected chi connectivity index (χ4v) is 2.23. The Balaban J connectivity index is 1.94. The van der Waals surface area contributed by atoms with Gasteiger partial charge in [-0.1, -0.05) is 6.07 Å². The van der Waals surface area contributed by atoms with Crippen LogP contribution in [0.2, 0.25) is 0 Å². The molecule has 0 saturated carbocycles. The van der Waals surface area contributed by atoms with Gasteiger partial charge < -0.3 is 5.32 Å². The van der Waals surface area contributed by atoms with Crippen LogP contribution in [0.3, 0.4) is 0 Å². The molecule has 0 fully saturated rings. The molecule has 0 radical (unpaired) electrons. The monoisotopic (exact) mass is 282 g/mol. The minimum Gasteiger partial charge on any atom is -0.321 e. The zero-order valence-electron chi connectivity index (χ0n) is 10.2. The molecule has 0 unspecified atom stereocenters. The summed E-state index contributed by atoms with van der Waals surface area (Å²) < 4.78 is 26.6. The summed E-state index contributed by atoms with van der Waals surface area (Å²) in [6, 6.07) is 3.45. The van der Waals surface area contributed by atoms with Gasteiger partial charge in [-0.05, 0) is 25.5 Å². The number of hydrogen-bond acceptors (Lipinski definition) is 3. The predicted molar refractivity (Wildman–Crippen MR) is 70.2 cm³/mol. The number of rotatable bonds is 4. The van der Waals surface area contributed by atoms with Crippen molar-refractivity contribution in [2.24, 2.45) is 0 Å². The highest BCUT2D eigenvalue weighted by molar-refractivity contribution is 7.09. The number of nitrogens with zero attached hydrogens (tertiary/aromatic N) is 1. The van der Waals surface area contributed by atoms with E-state index in [-0.39, 0.29) is 6.42 Å². The zero-order chi connectivity index (χ0) is 13.8. The summed E-state index contributed by atoms with van der Waals surface area (Å²) in [4.78, 5) is 15.8. The van der Waals surface area contributed by atoms with Crippen molar-refractivity contribution in [1.29, 1.82) is 0 Å². The fraction of sp³-hybridized carbons (Fsp3) is 0.231. The first kappa shape index (κ1) is 13.6. The third kappa shape index (κ3) is 3.57.